The van der Waals surface area contributed by atoms with E-state index in [0.717, 1.165) is 10.8 Å². The molecule has 0 aliphatic rings. The number of benzene rings is 2. The molecule has 1 unspecified atom stereocenters. The van der Waals surface area contributed by atoms with E-state index >= 15 is 0 Å². The molecule has 0 spiro atoms. The molecule has 5 heteroatoms. The van der Waals surface area contributed by atoms with Gasteiger partial charge in [0.05, 0.1) is 6.04 Å². The topological polar surface area (TPSA) is 26.0 Å². The Hall–Kier alpha value is -1.85. The van der Waals surface area contributed by atoms with Gasteiger partial charge < -0.3 is 5.73 Å². The summed E-state index contributed by atoms with van der Waals surface area (Å²) in [7, 11) is 0. The molecule has 20 heavy (non-hydrogen) atoms. The molecule has 102 valence electrons. The smallest absolute Gasteiger partial charge is 0.163 e. The molecule has 1 aromatic heterocycles. The van der Waals surface area contributed by atoms with Gasteiger partial charge in [-0.05, 0) is 35.7 Å². The molecule has 0 saturated heterocycles. The fourth-order valence-electron chi connectivity index (χ4n) is 2.10. The van der Waals surface area contributed by atoms with Crippen LogP contribution in [0.25, 0.3) is 10.1 Å². The van der Waals surface area contributed by atoms with Crippen LogP contribution in [0.1, 0.15) is 16.5 Å². The molecule has 3 aromatic rings. The Morgan fingerprint density at radius 1 is 1.00 bits per heavy atom. The van der Waals surface area contributed by atoms with Crippen molar-refractivity contribution in [1.29, 1.82) is 0 Å². The van der Waals surface area contributed by atoms with Crippen LogP contribution >= 0.6 is 11.3 Å². The van der Waals surface area contributed by atoms with E-state index in [4.69, 9.17) is 5.73 Å². The maximum atomic E-state index is 13.7. The van der Waals surface area contributed by atoms with E-state index in [0.29, 0.717) is 10.3 Å². The van der Waals surface area contributed by atoms with Gasteiger partial charge in [0, 0.05) is 15.1 Å². The number of halogens is 3. The molecule has 0 aliphatic heterocycles. The first-order valence-electron chi connectivity index (χ1n) is 5.95. The predicted molar refractivity (Wildman–Crippen MR) is 74.2 cm³/mol. The first-order chi connectivity index (χ1) is 9.56. The summed E-state index contributed by atoms with van der Waals surface area (Å²) in [6, 6.07) is 9.25. The highest BCUT2D eigenvalue weighted by atomic mass is 32.1. The normalized spacial score (nSPS) is 12.8. The summed E-state index contributed by atoms with van der Waals surface area (Å²) in [5, 5.41) is 0.706. The van der Waals surface area contributed by atoms with E-state index in [1.165, 1.54) is 35.6 Å². The standard InChI is InChI=1S/C15H10F3NS/c16-9-4-5-12-8(6-9)7-13(20-12)15(19)10-2-1-3-11(17)14(10)18/h1-7,15H,19H2. The van der Waals surface area contributed by atoms with Gasteiger partial charge in [-0.15, -0.1) is 11.3 Å². The number of nitrogens with two attached hydrogens (primary N) is 1. The molecule has 1 atom stereocenters. The van der Waals surface area contributed by atoms with Crippen LogP contribution in [0.5, 0.6) is 0 Å². The SMILES string of the molecule is NC(c1cc2cc(F)ccc2s1)c1cccc(F)c1F. The molecular formula is C15H10F3NS. The third kappa shape index (κ3) is 2.19. The highest BCUT2D eigenvalue weighted by Gasteiger charge is 2.18. The van der Waals surface area contributed by atoms with E-state index in [9.17, 15) is 13.2 Å². The van der Waals surface area contributed by atoms with Crippen LogP contribution in [0.4, 0.5) is 13.2 Å². The highest BCUT2D eigenvalue weighted by Crippen LogP contribution is 2.33. The minimum absolute atomic E-state index is 0.0945. The van der Waals surface area contributed by atoms with Gasteiger partial charge in [0.1, 0.15) is 5.82 Å². The van der Waals surface area contributed by atoms with E-state index in [2.05, 4.69) is 0 Å². The van der Waals surface area contributed by atoms with E-state index < -0.39 is 17.7 Å². The molecule has 0 amide bonds. The average molecular weight is 293 g/mol. The summed E-state index contributed by atoms with van der Waals surface area (Å²) in [4.78, 5) is 0.662. The third-order valence-corrected chi connectivity index (χ3v) is 4.32. The van der Waals surface area contributed by atoms with Crippen molar-refractivity contribution in [3.8, 4) is 0 Å². The molecule has 1 heterocycles. The van der Waals surface area contributed by atoms with Crippen LogP contribution in [0.2, 0.25) is 0 Å². The maximum absolute atomic E-state index is 13.7. The van der Waals surface area contributed by atoms with Crippen LogP contribution in [0, 0.1) is 17.5 Å². The predicted octanol–water partition coefficient (Wildman–Crippen LogP) is 4.37. The van der Waals surface area contributed by atoms with Crippen molar-refractivity contribution in [2.24, 2.45) is 5.73 Å². The molecular weight excluding hydrogens is 283 g/mol. The zero-order valence-corrected chi connectivity index (χ0v) is 11.1. The van der Waals surface area contributed by atoms with E-state index in [-0.39, 0.29) is 11.4 Å². The van der Waals surface area contributed by atoms with Crippen molar-refractivity contribution in [1.82, 2.24) is 0 Å². The lowest BCUT2D eigenvalue weighted by Crippen LogP contribution is -2.12. The number of fused-ring (bicyclic) bond motifs is 1. The van der Waals surface area contributed by atoms with Crippen molar-refractivity contribution in [3.05, 3.63) is 70.4 Å². The lowest BCUT2D eigenvalue weighted by Gasteiger charge is -2.11. The second-order valence-electron chi connectivity index (χ2n) is 4.45. The molecule has 2 N–H and O–H groups in total. The number of hydrogen-bond donors (Lipinski definition) is 1. The van der Waals surface area contributed by atoms with Crippen molar-refractivity contribution in [2.45, 2.75) is 6.04 Å². The Bertz CT molecular complexity index is 782. The lowest BCUT2D eigenvalue weighted by molar-refractivity contribution is 0.495. The zero-order valence-electron chi connectivity index (χ0n) is 10.2. The van der Waals surface area contributed by atoms with Crippen molar-refractivity contribution in [2.75, 3.05) is 0 Å². The van der Waals surface area contributed by atoms with Crippen molar-refractivity contribution in [3.63, 3.8) is 0 Å². The lowest BCUT2D eigenvalue weighted by atomic mass is 10.0. The summed E-state index contributed by atoms with van der Waals surface area (Å²) >= 11 is 1.34. The zero-order chi connectivity index (χ0) is 14.3. The third-order valence-electron chi connectivity index (χ3n) is 3.12. The van der Waals surface area contributed by atoms with Crippen LogP contribution in [0.15, 0.2) is 42.5 Å². The second-order valence-corrected chi connectivity index (χ2v) is 5.57. The Kier molecular flexibility index (Phi) is 3.23. The van der Waals surface area contributed by atoms with Gasteiger partial charge >= 0.3 is 0 Å². The first kappa shape index (κ1) is 13.1. The van der Waals surface area contributed by atoms with Gasteiger partial charge in [-0.3, -0.25) is 0 Å². The van der Waals surface area contributed by atoms with E-state index in [1.807, 2.05) is 0 Å². The molecule has 1 nitrogen and oxygen atoms in total. The Morgan fingerprint density at radius 3 is 2.60 bits per heavy atom. The van der Waals surface area contributed by atoms with Crippen molar-refractivity contribution < 1.29 is 13.2 Å². The number of thiophene rings is 1. The second kappa shape index (κ2) is 4.92. The summed E-state index contributed by atoms with van der Waals surface area (Å²) in [5.41, 5.74) is 6.09. The number of hydrogen-bond acceptors (Lipinski definition) is 2. The van der Waals surface area contributed by atoms with Crippen molar-refractivity contribution >= 4 is 21.4 Å². The Labute approximate surface area is 117 Å². The molecule has 0 radical (unpaired) electrons. The highest BCUT2D eigenvalue weighted by molar-refractivity contribution is 7.19. The molecule has 0 saturated carbocycles. The van der Waals surface area contributed by atoms with Gasteiger partial charge in [0.2, 0.25) is 0 Å². The van der Waals surface area contributed by atoms with Gasteiger partial charge in [0.15, 0.2) is 11.6 Å². The Morgan fingerprint density at radius 2 is 1.80 bits per heavy atom. The van der Waals surface area contributed by atoms with Gasteiger partial charge in [-0.1, -0.05) is 12.1 Å². The fourth-order valence-corrected chi connectivity index (χ4v) is 3.17. The maximum Gasteiger partial charge on any atom is 0.163 e. The Balaban J connectivity index is 2.08. The van der Waals surface area contributed by atoms with E-state index in [1.54, 1.807) is 12.1 Å². The monoisotopic (exact) mass is 293 g/mol. The summed E-state index contributed by atoms with van der Waals surface area (Å²) in [6.45, 7) is 0. The van der Waals surface area contributed by atoms with Gasteiger partial charge in [0.25, 0.3) is 0 Å². The largest absolute Gasteiger partial charge is 0.320 e. The molecule has 0 bridgehead atoms. The number of rotatable bonds is 2. The van der Waals surface area contributed by atoms with Gasteiger partial charge in [-0.2, -0.15) is 0 Å². The average Bonchev–Trinajstić information content (AvgIpc) is 2.84. The molecule has 2 aromatic carbocycles. The van der Waals surface area contributed by atoms with Crippen LogP contribution in [-0.4, -0.2) is 0 Å². The minimum Gasteiger partial charge on any atom is -0.320 e. The fraction of sp³-hybridized carbons (Fsp3) is 0.0667. The quantitative estimate of drug-likeness (QED) is 0.746. The van der Waals surface area contributed by atoms with Crippen LogP contribution in [0.3, 0.4) is 0 Å². The van der Waals surface area contributed by atoms with Crippen LogP contribution < -0.4 is 5.73 Å². The minimum atomic E-state index is -0.941. The molecule has 0 aliphatic carbocycles. The summed E-state index contributed by atoms with van der Waals surface area (Å²) < 4.78 is 41.0. The first-order valence-corrected chi connectivity index (χ1v) is 6.76. The van der Waals surface area contributed by atoms with Gasteiger partial charge in [-0.25, -0.2) is 13.2 Å². The molecule has 0 fully saturated rings. The molecule has 3 rings (SSSR count). The summed E-state index contributed by atoms with van der Waals surface area (Å²) in [5.74, 6) is -2.21. The summed E-state index contributed by atoms with van der Waals surface area (Å²) in [6.07, 6.45) is 0. The van der Waals surface area contributed by atoms with Crippen LogP contribution in [-0.2, 0) is 0 Å².